The van der Waals surface area contributed by atoms with E-state index in [-0.39, 0.29) is 5.91 Å². The van der Waals surface area contributed by atoms with E-state index in [1.807, 2.05) is 13.0 Å². The summed E-state index contributed by atoms with van der Waals surface area (Å²) in [5.74, 6) is 5.19. The lowest BCUT2D eigenvalue weighted by molar-refractivity contribution is 0.0951. The number of anilines is 1. The number of nitrogens with two attached hydrogens (primary N) is 1. The van der Waals surface area contributed by atoms with E-state index >= 15 is 0 Å². The molecule has 2 rings (SSSR count). The van der Waals surface area contributed by atoms with Gasteiger partial charge in [0.05, 0.1) is 17.8 Å². The van der Waals surface area contributed by atoms with Crippen LogP contribution in [-0.2, 0) is 6.54 Å². The maximum atomic E-state index is 12.0. The highest BCUT2D eigenvalue weighted by molar-refractivity contribution is 7.11. The van der Waals surface area contributed by atoms with Crippen LogP contribution in [0.3, 0.4) is 0 Å². The SMILES string of the molecule is Cc1cnc(CNC(=O)c2ccccc2NN)s1. The van der Waals surface area contributed by atoms with Gasteiger partial charge in [0.1, 0.15) is 5.01 Å². The van der Waals surface area contributed by atoms with Crippen molar-refractivity contribution < 1.29 is 4.79 Å². The number of amides is 1. The smallest absolute Gasteiger partial charge is 0.253 e. The number of rotatable bonds is 4. The number of thiazole rings is 1. The number of benzene rings is 1. The second-order valence-corrected chi connectivity index (χ2v) is 5.06. The van der Waals surface area contributed by atoms with E-state index < -0.39 is 0 Å². The number of hydrogen-bond donors (Lipinski definition) is 3. The number of hydrazine groups is 1. The van der Waals surface area contributed by atoms with Gasteiger partial charge in [-0.05, 0) is 19.1 Å². The molecule has 0 unspecified atom stereocenters. The van der Waals surface area contributed by atoms with Gasteiger partial charge in [0, 0.05) is 11.1 Å². The lowest BCUT2D eigenvalue weighted by Gasteiger charge is -2.08. The Balaban J connectivity index is 2.03. The molecule has 5 nitrogen and oxygen atoms in total. The molecule has 1 amide bonds. The van der Waals surface area contributed by atoms with Gasteiger partial charge in [-0.2, -0.15) is 0 Å². The quantitative estimate of drug-likeness (QED) is 0.578. The van der Waals surface area contributed by atoms with Gasteiger partial charge in [-0.15, -0.1) is 11.3 Å². The van der Waals surface area contributed by atoms with E-state index in [0.717, 1.165) is 9.88 Å². The van der Waals surface area contributed by atoms with Gasteiger partial charge in [0.15, 0.2) is 0 Å². The summed E-state index contributed by atoms with van der Waals surface area (Å²) >= 11 is 1.57. The molecule has 1 aromatic carbocycles. The van der Waals surface area contributed by atoms with Crippen molar-refractivity contribution in [2.24, 2.45) is 5.84 Å². The van der Waals surface area contributed by atoms with E-state index in [1.54, 1.807) is 35.7 Å². The predicted molar refractivity (Wildman–Crippen MR) is 72.3 cm³/mol. The molecule has 0 aliphatic heterocycles. The third kappa shape index (κ3) is 2.85. The third-order valence-electron chi connectivity index (χ3n) is 2.40. The minimum absolute atomic E-state index is 0.170. The van der Waals surface area contributed by atoms with Gasteiger partial charge in [-0.1, -0.05) is 12.1 Å². The summed E-state index contributed by atoms with van der Waals surface area (Å²) in [4.78, 5) is 17.3. The van der Waals surface area contributed by atoms with E-state index in [1.165, 1.54) is 0 Å². The summed E-state index contributed by atoms with van der Waals surface area (Å²) in [6.07, 6.45) is 1.79. The number of hydrogen-bond acceptors (Lipinski definition) is 5. The molecule has 2 aromatic rings. The van der Waals surface area contributed by atoms with Crippen LogP contribution in [0.1, 0.15) is 20.2 Å². The molecular formula is C12H14N4OS. The Morgan fingerprint density at radius 1 is 1.44 bits per heavy atom. The molecule has 0 saturated heterocycles. The number of aryl methyl sites for hydroxylation is 1. The second-order valence-electron chi connectivity index (χ2n) is 3.74. The Bertz CT molecular complexity index is 553. The maximum absolute atomic E-state index is 12.0. The lowest BCUT2D eigenvalue weighted by Crippen LogP contribution is -2.24. The lowest BCUT2D eigenvalue weighted by atomic mass is 10.1. The number of carbonyl (C=O) groups excluding carboxylic acids is 1. The van der Waals surface area contributed by atoms with Gasteiger partial charge in [0.25, 0.3) is 5.91 Å². The molecule has 0 aliphatic rings. The number of nitrogens with one attached hydrogen (secondary N) is 2. The minimum atomic E-state index is -0.170. The van der Waals surface area contributed by atoms with Gasteiger partial charge in [-0.3, -0.25) is 10.6 Å². The van der Waals surface area contributed by atoms with Gasteiger partial charge in [-0.25, -0.2) is 4.98 Å². The van der Waals surface area contributed by atoms with Crippen LogP contribution in [0, 0.1) is 6.92 Å². The number of carbonyl (C=O) groups is 1. The van der Waals surface area contributed by atoms with Crippen molar-refractivity contribution in [3.05, 3.63) is 45.9 Å². The fraction of sp³-hybridized carbons (Fsp3) is 0.167. The Labute approximate surface area is 109 Å². The molecule has 0 spiro atoms. The average Bonchev–Trinajstić information content (AvgIpc) is 2.81. The molecule has 6 heteroatoms. The van der Waals surface area contributed by atoms with Crippen LogP contribution in [0.5, 0.6) is 0 Å². The van der Waals surface area contributed by atoms with E-state index in [9.17, 15) is 4.79 Å². The van der Waals surface area contributed by atoms with E-state index in [2.05, 4.69) is 15.7 Å². The molecule has 0 bridgehead atoms. The highest BCUT2D eigenvalue weighted by Crippen LogP contribution is 2.14. The summed E-state index contributed by atoms with van der Waals surface area (Å²) in [7, 11) is 0. The number of nitrogens with zero attached hydrogens (tertiary/aromatic N) is 1. The third-order valence-corrected chi connectivity index (χ3v) is 3.31. The highest BCUT2D eigenvalue weighted by atomic mass is 32.1. The normalized spacial score (nSPS) is 10.1. The van der Waals surface area contributed by atoms with Crippen molar-refractivity contribution in [2.45, 2.75) is 13.5 Å². The average molecular weight is 262 g/mol. The molecule has 0 saturated carbocycles. The van der Waals surface area contributed by atoms with Gasteiger partial charge < -0.3 is 10.7 Å². The fourth-order valence-corrected chi connectivity index (χ4v) is 2.27. The van der Waals surface area contributed by atoms with Gasteiger partial charge >= 0.3 is 0 Å². The molecule has 18 heavy (non-hydrogen) atoms. The summed E-state index contributed by atoms with van der Waals surface area (Å²) < 4.78 is 0. The zero-order chi connectivity index (χ0) is 13.0. The molecular weight excluding hydrogens is 248 g/mol. The van der Waals surface area contributed by atoms with Crippen molar-refractivity contribution in [2.75, 3.05) is 5.43 Å². The van der Waals surface area contributed by atoms with Crippen LogP contribution in [0.25, 0.3) is 0 Å². The second kappa shape index (κ2) is 5.61. The maximum Gasteiger partial charge on any atom is 0.253 e. The monoisotopic (exact) mass is 262 g/mol. The van der Waals surface area contributed by atoms with Crippen LogP contribution >= 0.6 is 11.3 Å². The minimum Gasteiger partial charge on any atom is -0.345 e. The van der Waals surface area contributed by atoms with Crippen molar-refractivity contribution >= 4 is 22.9 Å². The fourth-order valence-electron chi connectivity index (χ4n) is 1.54. The Morgan fingerprint density at radius 2 is 2.22 bits per heavy atom. The van der Waals surface area contributed by atoms with Crippen LogP contribution in [0.2, 0.25) is 0 Å². The van der Waals surface area contributed by atoms with Crippen molar-refractivity contribution in [1.29, 1.82) is 0 Å². The summed E-state index contributed by atoms with van der Waals surface area (Å²) in [5.41, 5.74) is 3.63. The largest absolute Gasteiger partial charge is 0.345 e. The highest BCUT2D eigenvalue weighted by Gasteiger charge is 2.10. The molecule has 0 atom stereocenters. The molecule has 0 aliphatic carbocycles. The predicted octanol–water partition coefficient (Wildman–Crippen LogP) is 1.67. The first-order valence-electron chi connectivity index (χ1n) is 5.46. The van der Waals surface area contributed by atoms with Crippen LogP contribution in [0.4, 0.5) is 5.69 Å². The zero-order valence-corrected chi connectivity index (χ0v) is 10.8. The first-order chi connectivity index (χ1) is 8.70. The summed E-state index contributed by atoms with van der Waals surface area (Å²) in [6, 6.07) is 7.08. The van der Waals surface area contributed by atoms with Crippen LogP contribution < -0.4 is 16.6 Å². The number of para-hydroxylation sites is 1. The summed E-state index contributed by atoms with van der Waals surface area (Å²) in [5, 5.41) is 3.70. The first-order valence-corrected chi connectivity index (χ1v) is 6.27. The Morgan fingerprint density at radius 3 is 2.89 bits per heavy atom. The van der Waals surface area contributed by atoms with E-state index in [0.29, 0.717) is 17.8 Å². The van der Waals surface area contributed by atoms with Crippen LogP contribution in [-0.4, -0.2) is 10.9 Å². The number of aromatic nitrogens is 1. The van der Waals surface area contributed by atoms with Crippen molar-refractivity contribution in [3.8, 4) is 0 Å². The molecule has 4 N–H and O–H groups in total. The molecule has 0 radical (unpaired) electrons. The van der Waals surface area contributed by atoms with Crippen molar-refractivity contribution in [1.82, 2.24) is 10.3 Å². The molecule has 1 aromatic heterocycles. The van der Waals surface area contributed by atoms with Crippen molar-refractivity contribution in [3.63, 3.8) is 0 Å². The van der Waals surface area contributed by atoms with E-state index in [4.69, 9.17) is 5.84 Å². The standard InChI is InChI=1S/C12H14N4OS/c1-8-6-14-11(18-8)7-15-12(17)9-4-2-3-5-10(9)16-13/h2-6,16H,7,13H2,1H3,(H,15,17). The van der Waals surface area contributed by atoms with Gasteiger partial charge in [0.2, 0.25) is 0 Å². The molecule has 1 heterocycles. The molecule has 94 valence electrons. The topological polar surface area (TPSA) is 80.0 Å². The Hall–Kier alpha value is -1.92. The Kier molecular flexibility index (Phi) is 3.91. The zero-order valence-electron chi connectivity index (χ0n) is 9.93. The first kappa shape index (κ1) is 12.5. The van der Waals surface area contributed by atoms with Crippen LogP contribution in [0.15, 0.2) is 30.5 Å². The molecule has 0 fully saturated rings. The summed E-state index contributed by atoms with van der Waals surface area (Å²) in [6.45, 7) is 2.41. The number of nitrogen functional groups attached to an aromatic ring is 1.